The summed E-state index contributed by atoms with van der Waals surface area (Å²) < 4.78 is 94.5. The smallest absolute Gasteiger partial charge is 0.410 e. The van der Waals surface area contributed by atoms with Gasteiger partial charge in [-0.25, -0.2) is 17.6 Å². The maximum Gasteiger partial charge on any atom is 0.410 e. The normalized spacial score (nSPS) is 28.2. The molecule has 2 N–H and O–H groups in total. The summed E-state index contributed by atoms with van der Waals surface area (Å²) in [4.78, 5) is 72.3. The van der Waals surface area contributed by atoms with Crippen LogP contribution in [0.2, 0.25) is 0 Å². The number of halogens is 4. The number of carbonyl (C=O) groups excluding carboxylic acids is 5. The second-order valence-corrected chi connectivity index (χ2v) is 18.3. The van der Waals surface area contributed by atoms with E-state index in [1.165, 1.54) is 17.0 Å². The second-order valence-electron chi connectivity index (χ2n) is 16.3. The van der Waals surface area contributed by atoms with Gasteiger partial charge in [0.15, 0.2) is 0 Å². The number of esters is 1. The molecule has 14 nitrogen and oxygen atoms in total. The summed E-state index contributed by atoms with van der Waals surface area (Å²) in [5.74, 6) is -5.91. The van der Waals surface area contributed by atoms with E-state index in [4.69, 9.17) is 9.47 Å². The van der Waals surface area contributed by atoms with Crippen molar-refractivity contribution in [3.63, 3.8) is 0 Å². The molecule has 3 heterocycles. The van der Waals surface area contributed by atoms with Crippen LogP contribution in [0.1, 0.15) is 76.8 Å². The molecular weight excluding hydrogens is 766 g/mol. The van der Waals surface area contributed by atoms with Crippen LogP contribution in [0.5, 0.6) is 0 Å². The Bertz CT molecular complexity index is 1880. The summed E-state index contributed by atoms with van der Waals surface area (Å²) >= 11 is 0. The molecule has 5 atom stereocenters. The number of sulfonamides is 1. The molecule has 1 saturated heterocycles. The van der Waals surface area contributed by atoms with Crippen molar-refractivity contribution < 1.29 is 59.4 Å². The van der Waals surface area contributed by atoms with E-state index in [2.05, 4.69) is 10.0 Å². The van der Waals surface area contributed by atoms with E-state index in [9.17, 15) is 50.0 Å². The fourth-order valence-electron chi connectivity index (χ4n) is 7.58. The molecule has 4 amide bonds. The van der Waals surface area contributed by atoms with Gasteiger partial charge in [0.2, 0.25) is 21.8 Å². The topological polar surface area (TPSA) is 172 Å². The van der Waals surface area contributed by atoms with Crippen LogP contribution in [0.3, 0.4) is 0 Å². The Labute approximate surface area is 322 Å². The van der Waals surface area contributed by atoms with Crippen LogP contribution in [-0.2, 0) is 51.8 Å². The molecule has 2 saturated carbocycles. The van der Waals surface area contributed by atoms with Crippen LogP contribution in [0, 0.1) is 17.7 Å². The highest BCUT2D eigenvalue weighted by Crippen LogP contribution is 2.46. The first-order chi connectivity index (χ1) is 26.1. The van der Waals surface area contributed by atoms with Crippen LogP contribution in [0.4, 0.5) is 22.4 Å². The highest BCUT2D eigenvalue weighted by Gasteiger charge is 2.62. The van der Waals surface area contributed by atoms with E-state index in [0.29, 0.717) is 24.0 Å². The Morgan fingerprint density at radius 3 is 2.45 bits per heavy atom. The number of ether oxygens (including phenoxy) is 2. The summed E-state index contributed by atoms with van der Waals surface area (Å²) in [6.07, 6.45) is -3.65. The number of hydrogen-bond donors (Lipinski definition) is 2. The molecule has 1 aromatic carbocycles. The first-order valence-corrected chi connectivity index (χ1v) is 20.3. The summed E-state index contributed by atoms with van der Waals surface area (Å²) in [5.41, 5.74) is -1.81. The van der Waals surface area contributed by atoms with Gasteiger partial charge >= 0.3 is 18.2 Å². The predicted molar refractivity (Wildman–Crippen MR) is 190 cm³/mol. The van der Waals surface area contributed by atoms with Crippen LogP contribution in [0.25, 0.3) is 0 Å². The van der Waals surface area contributed by atoms with Crippen LogP contribution in [0.15, 0.2) is 30.4 Å². The van der Waals surface area contributed by atoms with Gasteiger partial charge in [-0.05, 0) is 71.0 Å². The molecule has 0 unspecified atom stereocenters. The van der Waals surface area contributed by atoms with Crippen molar-refractivity contribution in [3.05, 3.63) is 47.3 Å². The van der Waals surface area contributed by atoms with E-state index in [1.807, 2.05) is 0 Å². The Morgan fingerprint density at radius 2 is 1.79 bits per heavy atom. The lowest BCUT2D eigenvalue weighted by Crippen LogP contribution is -2.57. The molecule has 6 rings (SSSR count). The van der Waals surface area contributed by atoms with Gasteiger partial charge in [-0.15, -0.1) is 0 Å². The van der Waals surface area contributed by atoms with Gasteiger partial charge in [-0.1, -0.05) is 24.3 Å². The van der Waals surface area contributed by atoms with Crippen molar-refractivity contribution in [2.75, 3.05) is 26.2 Å². The van der Waals surface area contributed by atoms with Crippen molar-refractivity contribution >= 4 is 39.8 Å². The molecular formula is C37H47F4N5O9S. The van der Waals surface area contributed by atoms with Gasteiger partial charge in [0.25, 0.3) is 5.91 Å². The first-order valence-electron chi connectivity index (χ1n) is 18.7. The maximum atomic E-state index is 14.5. The van der Waals surface area contributed by atoms with Gasteiger partial charge in [0, 0.05) is 36.9 Å². The number of rotatable bonds is 7. The minimum Gasteiger partial charge on any atom is -0.460 e. The lowest BCUT2D eigenvalue weighted by Gasteiger charge is -2.31. The predicted octanol–water partition coefficient (Wildman–Crippen LogP) is 3.29. The zero-order chi connectivity index (χ0) is 40.8. The minimum absolute atomic E-state index is 0.0278. The Hall–Kier alpha value is -4.26. The van der Waals surface area contributed by atoms with Gasteiger partial charge in [0.05, 0.1) is 31.3 Å². The number of fused-ring (bicyclic) bond motifs is 3. The number of amides is 4. The van der Waals surface area contributed by atoms with Crippen molar-refractivity contribution in [1.29, 1.82) is 0 Å². The third-order valence-corrected chi connectivity index (χ3v) is 12.4. The van der Waals surface area contributed by atoms with E-state index in [-0.39, 0.29) is 58.4 Å². The summed E-state index contributed by atoms with van der Waals surface area (Å²) in [6, 6.07) is 3.05. The zero-order valence-electron chi connectivity index (χ0n) is 31.4. The molecule has 308 valence electrons. The van der Waals surface area contributed by atoms with Gasteiger partial charge in [-0.3, -0.25) is 33.7 Å². The number of nitrogens with zero attached hydrogens (tertiary/aromatic N) is 3. The third kappa shape index (κ3) is 9.81. The Morgan fingerprint density at radius 1 is 1.05 bits per heavy atom. The van der Waals surface area contributed by atoms with Crippen LogP contribution >= 0.6 is 0 Å². The number of nitrogens with one attached hydrogen (secondary N) is 2. The number of alkyl halides is 3. The summed E-state index contributed by atoms with van der Waals surface area (Å²) in [7, 11) is -4.05. The lowest BCUT2D eigenvalue weighted by atomic mass is 9.98. The molecule has 19 heteroatoms. The van der Waals surface area contributed by atoms with Gasteiger partial charge in [-0.2, -0.15) is 13.2 Å². The fraction of sp³-hybridized carbons (Fsp3) is 0.649. The third-order valence-electron chi connectivity index (χ3n) is 10.6. The highest BCUT2D eigenvalue weighted by atomic mass is 32.2. The Balaban J connectivity index is 1.30. The number of hydrogen-bond acceptors (Lipinski definition) is 10. The van der Waals surface area contributed by atoms with E-state index in [1.54, 1.807) is 39.0 Å². The molecule has 3 fully saturated rings. The quantitative estimate of drug-likeness (QED) is 0.237. The first kappa shape index (κ1) is 41.4. The van der Waals surface area contributed by atoms with E-state index in [0.717, 1.165) is 9.80 Å². The molecule has 56 heavy (non-hydrogen) atoms. The average molecular weight is 814 g/mol. The molecule has 2 aliphatic carbocycles. The fourth-order valence-corrected chi connectivity index (χ4v) is 8.94. The minimum atomic E-state index is -4.59. The lowest BCUT2D eigenvalue weighted by molar-refractivity contribution is -0.159. The second kappa shape index (κ2) is 15.6. The maximum absolute atomic E-state index is 14.5. The molecule has 5 aliphatic rings. The number of carbonyl (C=O) groups is 5. The highest BCUT2D eigenvalue weighted by molar-refractivity contribution is 7.91. The van der Waals surface area contributed by atoms with Crippen LogP contribution in [-0.4, -0.2) is 114 Å². The molecule has 1 aromatic rings. The van der Waals surface area contributed by atoms with E-state index >= 15 is 0 Å². The zero-order valence-corrected chi connectivity index (χ0v) is 32.2. The van der Waals surface area contributed by atoms with E-state index < -0.39 is 105 Å². The largest absolute Gasteiger partial charge is 0.460 e. The molecule has 0 aromatic heterocycles. The molecule has 0 radical (unpaired) electrons. The summed E-state index contributed by atoms with van der Waals surface area (Å²) in [6.45, 7) is 2.79. The number of benzene rings is 1. The standard InChI is InChI=1S/C37H47F4N5O9S/c1-35(2,3)55-30(47)15-22-12-14-44(21-37(39,40)41)13-5-4-8-24-17-36(24,33(50)43-56(52,53)26-10-11-26)42-31(48)29-16-25(19-46(29)32(22)49)54-34(51)45-18-23-7-6-9-28(38)27(23)20-45/h4,6-9,22,24-26,29H,5,10-21H2,1-3H3,(H,42,48)(H,43,50)/b8-4-/t22-,24-,25-,29+,36-/m1/s1. The SMILES string of the molecule is CC(C)(C)OC(=O)C[C@H]1CCN(CC(F)(F)F)CC/C=C\[C@@H]2C[C@@]2(C(=O)NS(=O)(=O)C2CC2)NC(=O)[C@@H]2C[C@@H](OC(=O)N3Cc4cccc(F)c4C3)CN2C1=O. The molecule has 0 spiro atoms. The van der Waals surface area contributed by atoms with Crippen molar-refractivity contribution in [2.24, 2.45) is 11.8 Å². The average Bonchev–Trinajstić information content (AvgIpc) is 3.97. The Kier molecular flexibility index (Phi) is 11.5. The molecule has 3 aliphatic heterocycles. The van der Waals surface area contributed by atoms with Gasteiger partial charge in [0.1, 0.15) is 29.1 Å². The summed E-state index contributed by atoms with van der Waals surface area (Å²) in [5, 5.41) is 1.92. The van der Waals surface area contributed by atoms with Gasteiger partial charge < -0.3 is 19.7 Å². The molecule has 0 bridgehead atoms. The van der Waals surface area contributed by atoms with Crippen molar-refractivity contribution in [3.8, 4) is 0 Å². The van der Waals surface area contributed by atoms with Crippen molar-refractivity contribution in [2.45, 2.75) is 114 Å². The van der Waals surface area contributed by atoms with Crippen molar-refractivity contribution in [1.82, 2.24) is 24.7 Å². The van der Waals surface area contributed by atoms with Crippen LogP contribution < -0.4 is 10.0 Å². The monoisotopic (exact) mass is 813 g/mol.